The molecule has 0 saturated carbocycles. The van der Waals surface area contributed by atoms with Gasteiger partial charge in [0.2, 0.25) is 17.7 Å². The minimum absolute atomic E-state index is 0.0232. The Labute approximate surface area is 226 Å². The summed E-state index contributed by atoms with van der Waals surface area (Å²) in [6.45, 7) is 4.71. The van der Waals surface area contributed by atoms with Crippen molar-refractivity contribution in [1.82, 2.24) is 37.3 Å². The first-order valence-corrected chi connectivity index (χ1v) is 13.3. The van der Waals surface area contributed by atoms with Crippen LogP contribution in [0.2, 0.25) is 0 Å². The average molecular weight is 535 g/mol. The number of hydrazine groups is 2. The Hall–Kier alpha value is -3.87. The topological polar surface area (TPSA) is 157 Å². The summed E-state index contributed by atoms with van der Waals surface area (Å²) in [6, 6.07) is 6.74. The Morgan fingerprint density at radius 1 is 1.15 bits per heavy atom. The number of aromatic nitrogens is 1. The molecule has 6 N–H and O–H groups in total. The van der Waals surface area contributed by atoms with Crippen molar-refractivity contribution >= 4 is 29.3 Å². The maximum Gasteiger partial charge on any atom is 0.253 e. The van der Waals surface area contributed by atoms with Gasteiger partial charge in [-0.05, 0) is 42.0 Å². The van der Waals surface area contributed by atoms with E-state index in [-0.39, 0.29) is 23.8 Å². The number of carbonyl (C=O) groups excluding carboxylic acids is 4. The molecule has 1 unspecified atom stereocenters. The molecular weight excluding hydrogens is 500 g/mol. The van der Waals surface area contributed by atoms with Crippen LogP contribution >= 0.6 is 0 Å². The summed E-state index contributed by atoms with van der Waals surface area (Å²) in [6.07, 6.45) is 4.36. The highest BCUT2D eigenvalue weighted by molar-refractivity contribution is 6.08. The van der Waals surface area contributed by atoms with Gasteiger partial charge in [0.05, 0.1) is 17.3 Å². The number of para-hydroxylation sites is 1. The molecule has 3 aliphatic heterocycles. The third-order valence-electron chi connectivity index (χ3n) is 7.42. The lowest BCUT2D eigenvalue weighted by atomic mass is 9.99. The van der Waals surface area contributed by atoms with E-state index in [0.717, 1.165) is 16.8 Å². The van der Waals surface area contributed by atoms with Gasteiger partial charge >= 0.3 is 0 Å². The molecule has 1 aromatic carbocycles. The molecule has 3 aliphatic rings. The molecule has 4 atom stereocenters. The van der Waals surface area contributed by atoms with E-state index >= 15 is 0 Å². The summed E-state index contributed by atoms with van der Waals surface area (Å²) in [7, 11) is 0. The fourth-order valence-electron chi connectivity index (χ4n) is 5.34. The van der Waals surface area contributed by atoms with Crippen LogP contribution in [0.5, 0.6) is 0 Å². The zero-order valence-electron chi connectivity index (χ0n) is 22.0. The summed E-state index contributed by atoms with van der Waals surface area (Å²) >= 11 is 0. The van der Waals surface area contributed by atoms with Crippen LogP contribution in [0.25, 0.3) is 0 Å². The molecule has 2 aromatic rings. The molecule has 1 fully saturated rings. The Bertz CT molecular complexity index is 1250. The van der Waals surface area contributed by atoms with Crippen LogP contribution in [0.3, 0.4) is 0 Å². The van der Waals surface area contributed by atoms with Crippen LogP contribution < -0.4 is 37.2 Å². The van der Waals surface area contributed by atoms with E-state index in [1.165, 1.54) is 6.20 Å². The number of rotatable bonds is 8. The number of hydrogen-bond acceptors (Lipinski definition) is 8. The van der Waals surface area contributed by atoms with Crippen LogP contribution in [0.1, 0.15) is 41.8 Å². The van der Waals surface area contributed by atoms with Crippen molar-refractivity contribution in [3.8, 4) is 0 Å². The lowest BCUT2D eigenvalue weighted by molar-refractivity contribution is -0.130. The van der Waals surface area contributed by atoms with Gasteiger partial charge in [0, 0.05) is 31.9 Å². The van der Waals surface area contributed by atoms with Crippen LogP contribution in [-0.4, -0.2) is 65.9 Å². The summed E-state index contributed by atoms with van der Waals surface area (Å²) in [5.41, 5.74) is 11.8. The van der Waals surface area contributed by atoms with E-state index in [1.807, 2.05) is 32.0 Å². The largest absolute Gasteiger partial charge is 0.353 e. The van der Waals surface area contributed by atoms with Gasteiger partial charge in [0.15, 0.2) is 0 Å². The third kappa shape index (κ3) is 5.63. The second-order valence-electron chi connectivity index (χ2n) is 10.5. The van der Waals surface area contributed by atoms with Crippen LogP contribution in [0.15, 0.2) is 42.7 Å². The monoisotopic (exact) mass is 534 g/mol. The summed E-state index contributed by atoms with van der Waals surface area (Å²) in [5, 5.41) is 8.63. The van der Waals surface area contributed by atoms with Crippen LogP contribution in [-0.2, 0) is 27.2 Å². The fraction of sp³-hybridized carbons (Fsp3) is 0.444. The predicted molar refractivity (Wildman–Crippen MR) is 143 cm³/mol. The smallest absolute Gasteiger partial charge is 0.253 e. The third-order valence-corrected chi connectivity index (χ3v) is 7.42. The highest BCUT2D eigenvalue weighted by Crippen LogP contribution is 2.39. The van der Waals surface area contributed by atoms with Gasteiger partial charge in [-0.15, -0.1) is 0 Å². The second-order valence-corrected chi connectivity index (χ2v) is 10.5. The SMILES string of the molecule is CC(C)[C@H](NC(=O)c1cccnc1)C(=O)N[C@H]1CCc2cccc3c2N(C1=O)[C@H](C(=O)NCC1CNNN1)C3. The first kappa shape index (κ1) is 26.7. The Morgan fingerprint density at radius 2 is 1.97 bits per heavy atom. The molecule has 0 radical (unpaired) electrons. The Morgan fingerprint density at radius 3 is 2.69 bits per heavy atom. The van der Waals surface area contributed by atoms with Gasteiger partial charge in [0.25, 0.3) is 5.91 Å². The second kappa shape index (κ2) is 11.5. The first-order valence-electron chi connectivity index (χ1n) is 13.3. The average Bonchev–Trinajstić information content (AvgIpc) is 3.57. The molecule has 1 saturated heterocycles. The number of aryl methyl sites for hydroxylation is 1. The van der Waals surface area contributed by atoms with E-state index in [0.29, 0.717) is 37.9 Å². The highest BCUT2D eigenvalue weighted by Gasteiger charge is 2.44. The van der Waals surface area contributed by atoms with Gasteiger partial charge in [-0.2, -0.15) is 5.53 Å². The quantitative estimate of drug-likeness (QED) is 0.260. The Kier molecular flexibility index (Phi) is 7.87. The number of pyridine rings is 1. The van der Waals surface area contributed by atoms with E-state index in [9.17, 15) is 19.2 Å². The molecule has 0 bridgehead atoms. The van der Waals surface area contributed by atoms with E-state index < -0.39 is 29.9 Å². The summed E-state index contributed by atoms with van der Waals surface area (Å²) < 4.78 is 0. The van der Waals surface area contributed by atoms with Gasteiger partial charge in [-0.3, -0.25) is 29.1 Å². The number of carbonyl (C=O) groups is 4. The number of nitrogens with one attached hydrogen (secondary N) is 6. The summed E-state index contributed by atoms with van der Waals surface area (Å²) in [4.78, 5) is 58.9. The van der Waals surface area contributed by atoms with Crippen LogP contribution in [0.4, 0.5) is 5.69 Å². The lowest BCUT2D eigenvalue weighted by Gasteiger charge is -2.29. The van der Waals surface area contributed by atoms with Crippen molar-refractivity contribution in [1.29, 1.82) is 0 Å². The number of nitrogens with zero attached hydrogens (tertiary/aromatic N) is 2. The van der Waals surface area contributed by atoms with Crippen LogP contribution in [0, 0.1) is 5.92 Å². The van der Waals surface area contributed by atoms with Crippen molar-refractivity contribution in [2.45, 2.75) is 57.3 Å². The Balaban J connectivity index is 1.32. The molecule has 0 aliphatic carbocycles. The molecule has 12 heteroatoms. The van der Waals surface area contributed by atoms with E-state index in [1.54, 1.807) is 23.2 Å². The minimum atomic E-state index is -0.856. The zero-order chi connectivity index (χ0) is 27.5. The predicted octanol–water partition coefficient (Wildman–Crippen LogP) is -0.678. The van der Waals surface area contributed by atoms with E-state index in [4.69, 9.17) is 0 Å². The molecule has 4 heterocycles. The van der Waals surface area contributed by atoms with Crippen molar-refractivity contribution < 1.29 is 19.2 Å². The maximum atomic E-state index is 13.9. The molecule has 39 heavy (non-hydrogen) atoms. The normalized spacial score (nSPS) is 22.7. The standard InChI is InChI=1S/C27H34N8O4/c1-15(2)22(32-24(36)18-7-4-10-28-12-18)26(38)31-20-9-8-16-5-3-6-17-11-21(35(23(16)17)27(20)39)25(37)29-13-19-14-30-34-33-19/h3-7,10,12,15,19-22,30,33-34H,8-9,11,13-14H2,1-2H3,(H,29,37)(H,31,38)(H,32,36)/t19?,20-,21-,22-/m0/s1. The van der Waals surface area contributed by atoms with Gasteiger partial charge in [-0.25, -0.2) is 10.9 Å². The molecule has 1 aromatic heterocycles. The minimum Gasteiger partial charge on any atom is -0.353 e. The zero-order valence-corrected chi connectivity index (χ0v) is 22.0. The highest BCUT2D eigenvalue weighted by atomic mass is 16.2. The van der Waals surface area contributed by atoms with Gasteiger partial charge in [0.1, 0.15) is 18.1 Å². The molecule has 12 nitrogen and oxygen atoms in total. The van der Waals surface area contributed by atoms with Crippen molar-refractivity contribution in [2.24, 2.45) is 5.92 Å². The molecule has 0 spiro atoms. The maximum absolute atomic E-state index is 13.9. The number of hydrogen-bond donors (Lipinski definition) is 6. The molecule has 5 rings (SSSR count). The fourth-order valence-corrected chi connectivity index (χ4v) is 5.34. The molecule has 4 amide bonds. The molecular formula is C27H34N8O4. The van der Waals surface area contributed by atoms with E-state index in [2.05, 4.69) is 37.3 Å². The number of benzene rings is 1. The van der Waals surface area contributed by atoms with Crippen molar-refractivity contribution in [3.05, 3.63) is 59.4 Å². The first-order chi connectivity index (χ1) is 18.8. The van der Waals surface area contributed by atoms with Gasteiger partial charge < -0.3 is 16.0 Å². The lowest BCUT2D eigenvalue weighted by Crippen LogP contribution is -2.58. The van der Waals surface area contributed by atoms with Crippen molar-refractivity contribution in [3.63, 3.8) is 0 Å². The summed E-state index contributed by atoms with van der Waals surface area (Å²) in [5.74, 6) is -1.65. The number of amides is 4. The number of anilines is 1. The van der Waals surface area contributed by atoms with Gasteiger partial charge in [-0.1, -0.05) is 32.0 Å². The molecule has 206 valence electrons. The van der Waals surface area contributed by atoms with Crippen molar-refractivity contribution in [2.75, 3.05) is 18.0 Å².